The Balaban J connectivity index is 1.93. The third-order valence-electron chi connectivity index (χ3n) is 3.65. The number of benzene rings is 2. The molecule has 0 saturated heterocycles. The monoisotopic (exact) mass is 387 g/mol. The summed E-state index contributed by atoms with van der Waals surface area (Å²) in [4.78, 5) is 23.3. The summed E-state index contributed by atoms with van der Waals surface area (Å²) >= 11 is 6.13. The van der Waals surface area contributed by atoms with E-state index < -0.39 is 11.8 Å². The Hall–Kier alpha value is -2.86. The van der Waals surface area contributed by atoms with E-state index in [2.05, 4.69) is 15.8 Å². The minimum Gasteiger partial charge on any atom is -0.488 e. The van der Waals surface area contributed by atoms with Gasteiger partial charge in [0, 0.05) is 22.7 Å². The van der Waals surface area contributed by atoms with Crippen molar-refractivity contribution in [3.05, 3.63) is 64.7 Å². The van der Waals surface area contributed by atoms with Crippen molar-refractivity contribution in [3.8, 4) is 5.75 Å². The molecule has 0 unspecified atom stereocenters. The van der Waals surface area contributed by atoms with Gasteiger partial charge in [0.25, 0.3) is 0 Å². The molecule has 0 aliphatic rings. The van der Waals surface area contributed by atoms with E-state index in [1.165, 1.54) is 6.21 Å². The molecule has 2 aromatic carbocycles. The Morgan fingerprint density at radius 2 is 1.85 bits per heavy atom. The Bertz CT molecular complexity index is 809. The second-order valence-electron chi connectivity index (χ2n) is 5.73. The lowest BCUT2D eigenvalue weighted by Gasteiger charge is -2.10. The molecule has 0 aliphatic heterocycles. The Morgan fingerprint density at radius 1 is 1.11 bits per heavy atom. The van der Waals surface area contributed by atoms with Gasteiger partial charge in [-0.05, 0) is 24.6 Å². The van der Waals surface area contributed by atoms with Crippen LogP contribution in [0.3, 0.4) is 0 Å². The van der Waals surface area contributed by atoms with Crippen molar-refractivity contribution in [1.29, 1.82) is 0 Å². The van der Waals surface area contributed by atoms with Crippen LogP contribution >= 0.6 is 11.6 Å². The molecule has 142 valence electrons. The zero-order chi connectivity index (χ0) is 19.5. The minimum absolute atomic E-state index is 0.302. The number of unbranched alkanes of at least 4 members (excludes halogenated alkanes) is 1. The van der Waals surface area contributed by atoms with Crippen molar-refractivity contribution in [3.63, 3.8) is 0 Å². The first-order chi connectivity index (χ1) is 13.1. The molecule has 0 radical (unpaired) electrons. The van der Waals surface area contributed by atoms with Crippen LogP contribution in [0.2, 0.25) is 5.02 Å². The molecule has 0 bridgehead atoms. The summed E-state index contributed by atoms with van der Waals surface area (Å²) in [5.41, 5.74) is 3.74. The lowest BCUT2D eigenvalue weighted by molar-refractivity contribution is -0.139. The number of rotatable bonds is 8. The third-order valence-corrected chi connectivity index (χ3v) is 4.02. The molecular formula is C20H22ClN3O3. The standard InChI is InChI=1S/C20H22ClN3O3/c1-2-3-12-22-19(25)20(26)24-23-13-15-8-5-7-11-18(15)27-14-16-9-4-6-10-17(16)21/h4-11,13H,2-3,12,14H2,1H3,(H,22,25)(H,24,26)/b23-13-. The highest BCUT2D eigenvalue weighted by atomic mass is 35.5. The highest BCUT2D eigenvalue weighted by molar-refractivity contribution is 6.35. The summed E-state index contributed by atoms with van der Waals surface area (Å²) in [6.45, 7) is 2.77. The summed E-state index contributed by atoms with van der Waals surface area (Å²) < 4.78 is 5.81. The fourth-order valence-electron chi connectivity index (χ4n) is 2.16. The Morgan fingerprint density at radius 3 is 2.63 bits per heavy atom. The highest BCUT2D eigenvalue weighted by Crippen LogP contribution is 2.20. The maximum Gasteiger partial charge on any atom is 0.329 e. The first-order valence-electron chi connectivity index (χ1n) is 8.68. The van der Waals surface area contributed by atoms with E-state index in [0.717, 1.165) is 18.4 Å². The molecule has 0 spiro atoms. The summed E-state index contributed by atoms with van der Waals surface area (Å²) in [5, 5.41) is 6.99. The normalized spacial score (nSPS) is 10.6. The Labute approximate surface area is 163 Å². The molecule has 2 amide bonds. The lowest BCUT2D eigenvalue weighted by atomic mass is 10.2. The molecule has 0 fully saturated rings. The van der Waals surface area contributed by atoms with Crippen LogP contribution in [-0.2, 0) is 16.2 Å². The van der Waals surface area contributed by atoms with Gasteiger partial charge < -0.3 is 10.1 Å². The number of carbonyl (C=O) groups is 2. The van der Waals surface area contributed by atoms with Crippen molar-refractivity contribution in [2.45, 2.75) is 26.4 Å². The summed E-state index contributed by atoms with van der Waals surface area (Å²) in [6.07, 6.45) is 3.18. The molecule has 27 heavy (non-hydrogen) atoms. The van der Waals surface area contributed by atoms with Crippen LogP contribution < -0.4 is 15.5 Å². The van der Waals surface area contributed by atoms with Gasteiger partial charge in [-0.15, -0.1) is 0 Å². The van der Waals surface area contributed by atoms with E-state index in [-0.39, 0.29) is 0 Å². The van der Waals surface area contributed by atoms with Crippen LogP contribution in [0.15, 0.2) is 53.6 Å². The van der Waals surface area contributed by atoms with Crippen molar-refractivity contribution in [1.82, 2.24) is 10.7 Å². The lowest BCUT2D eigenvalue weighted by Crippen LogP contribution is -2.38. The van der Waals surface area contributed by atoms with Crippen LogP contribution in [0, 0.1) is 0 Å². The maximum absolute atomic E-state index is 11.7. The Kier molecular flexibility index (Phi) is 8.32. The number of ether oxygens (including phenoxy) is 1. The van der Waals surface area contributed by atoms with Gasteiger partial charge in [-0.2, -0.15) is 5.10 Å². The quantitative estimate of drug-likeness (QED) is 0.315. The van der Waals surface area contributed by atoms with Crippen molar-refractivity contribution >= 4 is 29.6 Å². The van der Waals surface area contributed by atoms with Gasteiger partial charge >= 0.3 is 11.8 Å². The van der Waals surface area contributed by atoms with Crippen LogP contribution in [0.4, 0.5) is 0 Å². The molecule has 2 aromatic rings. The molecule has 0 aromatic heterocycles. The average molecular weight is 388 g/mol. The molecule has 7 heteroatoms. The second kappa shape index (κ2) is 11.0. The number of nitrogens with one attached hydrogen (secondary N) is 2. The van der Waals surface area contributed by atoms with Gasteiger partial charge in [0.05, 0.1) is 6.21 Å². The smallest absolute Gasteiger partial charge is 0.329 e. The largest absolute Gasteiger partial charge is 0.488 e. The van der Waals surface area contributed by atoms with Crippen LogP contribution in [0.1, 0.15) is 30.9 Å². The van der Waals surface area contributed by atoms with Crippen molar-refractivity contribution in [2.24, 2.45) is 5.10 Å². The SMILES string of the molecule is CCCCNC(=O)C(=O)N/N=C\c1ccccc1OCc1ccccc1Cl. The van der Waals surface area contributed by atoms with Crippen LogP contribution in [0.25, 0.3) is 0 Å². The molecule has 0 aliphatic carbocycles. The van der Waals surface area contributed by atoms with E-state index in [1.54, 1.807) is 18.2 Å². The molecule has 0 heterocycles. The average Bonchev–Trinajstić information content (AvgIpc) is 2.68. The van der Waals surface area contributed by atoms with Gasteiger partial charge in [0.2, 0.25) is 0 Å². The van der Waals surface area contributed by atoms with Gasteiger partial charge in [-0.25, -0.2) is 5.43 Å². The van der Waals surface area contributed by atoms with Gasteiger partial charge in [-0.1, -0.05) is 55.3 Å². The molecule has 0 saturated carbocycles. The van der Waals surface area contributed by atoms with Crippen LogP contribution in [0.5, 0.6) is 5.75 Å². The second-order valence-corrected chi connectivity index (χ2v) is 6.13. The number of carbonyl (C=O) groups excluding carboxylic acids is 2. The minimum atomic E-state index is -0.809. The molecule has 2 rings (SSSR count). The number of amides is 2. The summed E-state index contributed by atoms with van der Waals surface area (Å²) in [7, 11) is 0. The fourth-order valence-corrected chi connectivity index (χ4v) is 2.35. The van der Waals surface area contributed by atoms with Gasteiger partial charge in [0.1, 0.15) is 12.4 Å². The molecule has 0 atom stereocenters. The van der Waals surface area contributed by atoms with E-state index in [9.17, 15) is 9.59 Å². The van der Waals surface area contributed by atoms with Gasteiger partial charge in [-0.3, -0.25) is 9.59 Å². The maximum atomic E-state index is 11.7. The topological polar surface area (TPSA) is 79.8 Å². The van der Waals surface area contributed by atoms with E-state index in [4.69, 9.17) is 16.3 Å². The molecule has 2 N–H and O–H groups in total. The number of hydrogen-bond donors (Lipinski definition) is 2. The van der Waals surface area contributed by atoms with Gasteiger partial charge in [0.15, 0.2) is 0 Å². The number of nitrogens with zero attached hydrogens (tertiary/aromatic N) is 1. The zero-order valence-electron chi connectivity index (χ0n) is 15.1. The predicted molar refractivity (Wildman–Crippen MR) is 106 cm³/mol. The summed E-state index contributed by atoms with van der Waals surface area (Å²) in [6, 6.07) is 14.7. The van der Waals surface area contributed by atoms with E-state index in [0.29, 0.717) is 29.5 Å². The number of halogens is 1. The highest BCUT2D eigenvalue weighted by Gasteiger charge is 2.11. The first-order valence-corrected chi connectivity index (χ1v) is 9.06. The van der Waals surface area contributed by atoms with Crippen molar-refractivity contribution < 1.29 is 14.3 Å². The fraction of sp³-hybridized carbons (Fsp3) is 0.250. The number of hydrogen-bond acceptors (Lipinski definition) is 4. The number of para-hydroxylation sites is 1. The molecule has 6 nitrogen and oxygen atoms in total. The van der Waals surface area contributed by atoms with E-state index >= 15 is 0 Å². The third kappa shape index (κ3) is 6.75. The van der Waals surface area contributed by atoms with Crippen molar-refractivity contribution in [2.75, 3.05) is 6.54 Å². The number of hydrazone groups is 1. The first kappa shape index (κ1) is 20.5. The van der Waals surface area contributed by atoms with Crippen LogP contribution in [-0.4, -0.2) is 24.6 Å². The summed E-state index contributed by atoms with van der Waals surface area (Å²) in [5.74, 6) is -0.927. The van der Waals surface area contributed by atoms with E-state index in [1.807, 2.05) is 37.3 Å². The zero-order valence-corrected chi connectivity index (χ0v) is 15.8. The molecular weight excluding hydrogens is 366 g/mol. The predicted octanol–water partition coefficient (Wildman–Crippen LogP) is 3.29.